The lowest BCUT2D eigenvalue weighted by molar-refractivity contribution is 0.00578. The Bertz CT molecular complexity index is 435. The highest BCUT2D eigenvalue weighted by Gasteiger charge is 2.51. The lowest BCUT2D eigenvalue weighted by Gasteiger charge is -2.32. The maximum Gasteiger partial charge on any atom is 0.494 e. The van der Waals surface area contributed by atoms with Crippen LogP contribution in [0.2, 0.25) is 0 Å². The molecule has 2 rings (SSSR count). The fourth-order valence-corrected chi connectivity index (χ4v) is 2.40. The van der Waals surface area contributed by atoms with Gasteiger partial charge in [0.2, 0.25) is 0 Å². The van der Waals surface area contributed by atoms with Crippen molar-refractivity contribution in [3.63, 3.8) is 0 Å². The topological polar surface area (TPSA) is 44.5 Å². The summed E-state index contributed by atoms with van der Waals surface area (Å²) in [4.78, 5) is 0. The molecule has 0 spiro atoms. The summed E-state index contributed by atoms with van der Waals surface area (Å²) in [6, 6.07) is 8.38. The standard InChI is InChI=1S/C14H22BNO2S/c1-13(2)14(3,4)18-15(17-13)12-7-5-6-11(10-12)8-9-19-16/h5-7,10H,8-9,16H2,1-4H3. The maximum absolute atomic E-state index is 6.06. The first-order valence-electron chi connectivity index (χ1n) is 6.62. The summed E-state index contributed by atoms with van der Waals surface area (Å²) in [6.07, 6.45) is 0.967. The summed E-state index contributed by atoms with van der Waals surface area (Å²) >= 11 is 1.37. The van der Waals surface area contributed by atoms with Gasteiger partial charge in [0, 0.05) is 5.75 Å². The van der Waals surface area contributed by atoms with Crippen LogP contribution in [-0.4, -0.2) is 24.1 Å². The van der Waals surface area contributed by atoms with Gasteiger partial charge in [0.15, 0.2) is 0 Å². The van der Waals surface area contributed by atoms with E-state index in [0.717, 1.165) is 17.6 Å². The van der Waals surface area contributed by atoms with Crippen molar-refractivity contribution in [1.29, 1.82) is 0 Å². The van der Waals surface area contributed by atoms with Crippen LogP contribution in [0.15, 0.2) is 24.3 Å². The van der Waals surface area contributed by atoms with Crippen molar-refractivity contribution in [3.8, 4) is 0 Å². The molecule has 104 valence electrons. The molecule has 1 aromatic carbocycles. The number of rotatable bonds is 4. The molecule has 0 radical (unpaired) electrons. The van der Waals surface area contributed by atoms with Gasteiger partial charge in [-0.1, -0.05) is 36.2 Å². The summed E-state index contributed by atoms with van der Waals surface area (Å²) in [5, 5.41) is 5.47. The smallest absolute Gasteiger partial charge is 0.399 e. The van der Waals surface area contributed by atoms with Gasteiger partial charge < -0.3 is 9.31 Å². The molecule has 1 aromatic rings. The molecule has 0 bridgehead atoms. The normalized spacial score (nSPS) is 20.8. The summed E-state index contributed by atoms with van der Waals surface area (Å²) in [6.45, 7) is 8.29. The highest BCUT2D eigenvalue weighted by Crippen LogP contribution is 2.36. The maximum atomic E-state index is 6.06. The third-order valence-corrected chi connectivity index (χ3v) is 4.42. The minimum atomic E-state index is -0.291. The molecule has 1 aliphatic rings. The first-order valence-corrected chi connectivity index (χ1v) is 7.67. The second kappa shape index (κ2) is 5.48. The second-order valence-electron chi connectivity index (χ2n) is 5.95. The first-order chi connectivity index (χ1) is 8.86. The zero-order valence-electron chi connectivity index (χ0n) is 12.1. The van der Waals surface area contributed by atoms with Crippen LogP contribution in [0.4, 0.5) is 0 Å². The molecule has 0 saturated carbocycles. The van der Waals surface area contributed by atoms with Gasteiger partial charge in [-0.15, -0.1) is 0 Å². The van der Waals surface area contributed by atoms with E-state index in [1.807, 2.05) is 0 Å². The van der Waals surface area contributed by atoms with Crippen molar-refractivity contribution in [2.75, 3.05) is 5.75 Å². The van der Waals surface area contributed by atoms with Crippen LogP contribution in [0.25, 0.3) is 0 Å². The molecule has 5 heteroatoms. The monoisotopic (exact) mass is 279 g/mol. The highest BCUT2D eigenvalue weighted by molar-refractivity contribution is 7.97. The molecule has 1 heterocycles. The number of aryl methyl sites for hydroxylation is 1. The van der Waals surface area contributed by atoms with Crippen molar-refractivity contribution in [3.05, 3.63) is 29.8 Å². The molecular formula is C14H22BNO2S. The van der Waals surface area contributed by atoms with E-state index in [0.29, 0.717) is 0 Å². The number of hydrogen-bond donors (Lipinski definition) is 1. The second-order valence-corrected chi connectivity index (χ2v) is 6.70. The van der Waals surface area contributed by atoms with E-state index >= 15 is 0 Å². The van der Waals surface area contributed by atoms with E-state index in [2.05, 4.69) is 52.0 Å². The van der Waals surface area contributed by atoms with E-state index < -0.39 is 0 Å². The van der Waals surface area contributed by atoms with Crippen molar-refractivity contribution in [2.24, 2.45) is 5.14 Å². The third kappa shape index (κ3) is 3.16. The number of benzene rings is 1. The summed E-state index contributed by atoms with van der Waals surface area (Å²) < 4.78 is 12.1. The third-order valence-electron chi connectivity index (χ3n) is 3.99. The van der Waals surface area contributed by atoms with Crippen molar-refractivity contribution in [1.82, 2.24) is 0 Å². The number of hydrogen-bond acceptors (Lipinski definition) is 4. The van der Waals surface area contributed by atoms with Gasteiger partial charge in [-0.25, -0.2) is 0 Å². The van der Waals surface area contributed by atoms with Crippen LogP contribution >= 0.6 is 11.9 Å². The molecule has 0 atom stereocenters. The van der Waals surface area contributed by atoms with E-state index in [9.17, 15) is 0 Å². The van der Waals surface area contributed by atoms with Gasteiger partial charge in [-0.2, -0.15) is 0 Å². The summed E-state index contributed by atoms with van der Waals surface area (Å²) in [5.41, 5.74) is 1.77. The molecular weight excluding hydrogens is 257 g/mol. The Morgan fingerprint density at radius 3 is 2.37 bits per heavy atom. The first kappa shape index (κ1) is 14.9. The number of nitrogens with two attached hydrogens (primary N) is 1. The van der Waals surface area contributed by atoms with Gasteiger partial charge in [-0.05, 0) is 45.1 Å². The van der Waals surface area contributed by atoms with Gasteiger partial charge in [0.1, 0.15) is 0 Å². The quantitative estimate of drug-likeness (QED) is 0.677. The van der Waals surface area contributed by atoms with Gasteiger partial charge in [0.05, 0.1) is 11.2 Å². The lowest BCUT2D eigenvalue weighted by Crippen LogP contribution is -2.41. The Hall–Kier alpha value is -0.485. The average Bonchev–Trinajstić information content (AvgIpc) is 2.56. The zero-order chi connectivity index (χ0) is 14.1. The average molecular weight is 279 g/mol. The van der Waals surface area contributed by atoms with Crippen molar-refractivity contribution in [2.45, 2.75) is 45.3 Å². The Labute approximate surface area is 120 Å². The van der Waals surface area contributed by atoms with Crippen LogP contribution in [0, 0.1) is 0 Å². The Balaban J connectivity index is 2.15. The Morgan fingerprint density at radius 2 is 1.79 bits per heavy atom. The molecule has 1 saturated heterocycles. The zero-order valence-corrected chi connectivity index (χ0v) is 12.9. The summed E-state index contributed by atoms with van der Waals surface area (Å²) in [7, 11) is -0.282. The predicted octanol–water partition coefficient (Wildman–Crippen LogP) is 2.14. The van der Waals surface area contributed by atoms with Crippen molar-refractivity contribution < 1.29 is 9.31 Å². The fourth-order valence-electron chi connectivity index (χ4n) is 2.05. The van der Waals surface area contributed by atoms with E-state index in [4.69, 9.17) is 14.4 Å². The Kier molecular flexibility index (Phi) is 4.30. The largest absolute Gasteiger partial charge is 0.494 e. The lowest BCUT2D eigenvalue weighted by atomic mass is 9.78. The molecule has 1 aliphatic heterocycles. The fraction of sp³-hybridized carbons (Fsp3) is 0.571. The molecule has 1 fully saturated rings. The molecule has 0 unspecified atom stereocenters. The highest BCUT2D eigenvalue weighted by atomic mass is 32.2. The predicted molar refractivity (Wildman–Crippen MR) is 82.5 cm³/mol. The van der Waals surface area contributed by atoms with Crippen LogP contribution in [0.1, 0.15) is 33.3 Å². The SMILES string of the molecule is CC1(C)OB(c2cccc(CCSN)c2)OC1(C)C. The van der Waals surface area contributed by atoms with Crippen LogP contribution < -0.4 is 10.6 Å². The van der Waals surface area contributed by atoms with E-state index in [1.165, 1.54) is 17.5 Å². The molecule has 0 amide bonds. The molecule has 19 heavy (non-hydrogen) atoms. The van der Waals surface area contributed by atoms with Gasteiger partial charge in [-0.3, -0.25) is 5.14 Å². The van der Waals surface area contributed by atoms with E-state index in [1.54, 1.807) is 0 Å². The van der Waals surface area contributed by atoms with Crippen LogP contribution in [0.5, 0.6) is 0 Å². The van der Waals surface area contributed by atoms with Crippen molar-refractivity contribution >= 4 is 24.5 Å². The van der Waals surface area contributed by atoms with Crippen LogP contribution in [0.3, 0.4) is 0 Å². The summed E-state index contributed by atoms with van der Waals surface area (Å²) in [5.74, 6) is 0.923. The minimum Gasteiger partial charge on any atom is -0.399 e. The minimum absolute atomic E-state index is 0.282. The molecule has 0 aromatic heterocycles. The van der Waals surface area contributed by atoms with Gasteiger partial charge in [0.25, 0.3) is 0 Å². The molecule has 2 N–H and O–H groups in total. The molecule has 3 nitrogen and oxygen atoms in total. The van der Waals surface area contributed by atoms with Gasteiger partial charge >= 0.3 is 7.12 Å². The molecule has 0 aliphatic carbocycles. The Morgan fingerprint density at radius 1 is 1.16 bits per heavy atom. The van der Waals surface area contributed by atoms with E-state index in [-0.39, 0.29) is 18.3 Å². The van der Waals surface area contributed by atoms with Crippen LogP contribution in [-0.2, 0) is 15.7 Å².